The number of hydrogen-bond donors (Lipinski definition) is 1. The second kappa shape index (κ2) is 12.6. The van der Waals surface area contributed by atoms with Gasteiger partial charge in [-0.2, -0.15) is 0 Å². The van der Waals surface area contributed by atoms with Gasteiger partial charge in [-0.25, -0.2) is 0 Å². The predicted molar refractivity (Wildman–Crippen MR) is 170 cm³/mol. The third-order valence-corrected chi connectivity index (χ3v) is 10.1. The summed E-state index contributed by atoms with van der Waals surface area (Å²) in [7, 11) is 1.67. The van der Waals surface area contributed by atoms with Gasteiger partial charge in [0.15, 0.2) is 0 Å². The lowest BCUT2D eigenvalue weighted by molar-refractivity contribution is -0.146. The van der Waals surface area contributed by atoms with Gasteiger partial charge in [0, 0.05) is 25.0 Å². The molecule has 3 fully saturated rings. The molecule has 2 aromatic carbocycles. The minimum absolute atomic E-state index is 0.136. The number of nitrogens with zero attached hydrogens (tertiary/aromatic N) is 3. The number of carbonyl (C=O) groups is 3. The van der Waals surface area contributed by atoms with Gasteiger partial charge in [-0.3, -0.25) is 14.4 Å². The topological polar surface area (TPSA) is 90.4 Å². The second-order valence-electron chi connectivity index (χ2n) is 11.6. The average Bonchev–Trinajstić information content (AvgIpc) is 3.58. The van der Waals surface area contributed by atoms with Gasteiger partial charge in [0.05, 0.1) is 41.3 Å². The number of benzene rings is 2. The van der Waals surface area contributed by atoms with Gasteiger partial charge in [0.2, 0.25) is 11.8 Å². The summed E-state index contributed by atoms with van der Waals surface area (Å²) in [6, 6.07) is 13.1. The fourth-order valence-corrected chi connectivity index (χ4v) is 8.50. The molecule has 5 rings (SSSR count). The highest BCUT2D eigenvalue weighted by molar-refractivity contribution is 9.09. The molecule has 0 aliphatic carbocycles. The average molecular weight is 671 g/mol. The summed E-state index contributed by atoms with van der Waals surface area (Å²) >= 11 is 10.4. The number of aliphatic hydroxyl groups is 1. The van der Waals surface area contributed by atoms with Crippen LogP contribution in [0.2, 0.25) is 5.02 Å². The zero-order chi connectivity index (χ0) is 31.1. The number of amides is 3. The highest BCUT2D eigenvalue weighted by atomic mass is 79.9. The SMILES string of the molecule is C=CCN(C)C(=O)[C@H]1[C@@H]2OC3(CC2Br)C(C(=O)N(CC=C)c2c(C)cccc2Cl)N([C@@H](CO)Cc2ccccc2)C(=O)[C@H]13. The van der Waals surface area contributed by atoms with Crippen molar-refractivity contribution >= 4 is 50.9 Å². The van der Waals surface area contributed by atoms with Gasteiger partial charge in [-0.1, -0.05) is 82.1 Å². The number of likely N-dealkylation sites (N-methyl/N-ethyl adjacent to an activating group) is 1. The van der Waals surface area contributed by atoms with E-state index >= 15 is 0 Å². The minimum Gasteiger partial charge on any atom is -0.394 e. The zero-order valence-corrected chi connectivity index (χ0v) is 26.7. The number of aryl methyl sites for hydroxylation is 1. The van der Waals surface area contributed by atoms with Crippen LogP contribution in [0.25, 0.3) is 0 Å². The second-order valence-corrected chi connectivity index (χ2v) is 13.2. The quantitative estimate of drug-likeness (QED) is 0.287. The number of hydrogen-bond acceptors (Lipinski definition) is 5. The minimum atomic E-state index is -1.29. The van der Waals surface area contributed by atoms with Crippen molar-refractivity contribution in [3.8, 4) is 0 Å². The summed E-state index contributed by atoms with van der Waals surface area (Å²) in [4.78, 5) is 47.8. The van der Waals surface area contributed by atoms with E-state index in [0.29, 0.717) is 30.1 Å². The van der Waals surface area contributed by atoms with Gasteiger partial charge in [0.25, 0.3) is 5.91 Å². The smallest absolute Gasteiger partial charge is 0.253 e. The monoisotopic (exact) mass is 669 g/mol. The Hall–Kier alpha value is -2.98. The van der Waals surface area contributed by atoms with Crippen LogP contribution in [0.4, 0.5) is 5.69 Å². The fraction of sp³-hybridized carbons (Fsp3) is 0.424. The summed E-state index contributed by atoms with van der Waals surface area (Å²) in [6.45, 7) is 9.55. The summed E-state index contributed by atoms with van der Waals surface area (Å²) in [5, 5.41) is 11.1. The molecule has 1 spiro atoms. The molecule has 3 aliphatic heterocycles. The highest BCUT2D eigenvalue weighted by Crippen LogP contribution is 2.61. The lowest BCUT2D eigenvalue weighted by Gasteiger charge is -2.40. The molecular weight excluding hydrogens is 634 g/mol. The predicted octanol–water partition coefficient (Wildman–Crippen LogP) is 4.16. The Labute approximate surface area is 266 Å². The van der Waals surface area contributed by atoms with Crippen LogP contribution >= 0.6 is 27.5 Å². The van der Waals surface area contributed by atoms with Crippen LogP contribution in [0.15, 0.2) is 73.8 Å². The third-order valence-electron chi connectivity index (χ3n) is 8.98. The van der Waals surface area contributed by atoms with E-state index in [4.69, 9.17) is 16.3 Å². The molecule has 7 atom stereocenters. The summed E-state index contributed by atoms with van der Waals surface area (Å²) in [5.74, 6) is -2.71. The van der Waals surface area contributed by atoms with Crippen molar-refractivity contribution in [2.24, 2.45) is 11.8 Å². The van der Waals surface area contributed by atoms with E-state index in [1.807, 2.05) is 49.4 Å². The Bertz CT molecular complexity index is 1400. The molecule has 43 heavy (non-hydrogen) atoms. The van der Waals surface area contributed by atoms with Crippen LogP contribution in [-0.4, -0.2) is 88.0 Å². The fourth-order valence-electron chi connectivity index (χ4n) is 7.23. The van der Waals surface area contributed by atoms with Crippen molar-refractivity contribution in [2.45, 2.75) is 48.4 Å². The molecule has 228 valence electrons. The molecular formula is C33H37BrClN3O5. The lowest BCUT2D eigenvalue weighted by atomic mass is 9.70. The summed E-state index contributed by atoms with van der Waals surface area (Å²) < 4.78 is 6.69. The number of ether oxygens (including phenoxy) is 1. The van der Waals surface area contributed by atoms with Gasteiger partial charge in [-0.15, -0.1) is 13.2 Å². The number of rotatable bonds is 11. The molecule has 3 heterocycles. The molecule has 10 heteroatoms. The maximum atomic E-state index is 15.0. The molecule has 3 unspecified atom stereocenters. The van der Waals surface area contributed by atoms with Crippen LogP contribution in [-0.2, 0) is 25.5 Å². The largest absolute Gasteiger partial charge is 0.394 e. The van der Waals surface area contributed by atoms with Crippen LogP contribution in [0.3, 0.4) is 0 Å². The van der Waals surface area contributed by atoms with Crippen LogP contribution in [0.5, 0.6) is 0 Å². The number of anilines is 1. The number of fused-ring (bicyclic) bond motifs is 1. The molecule has 1 N–H and O–H groups in total. The number of likely N-dealkylation sites (tertiary alicyclic amines) is 1. The van der Waals surface area contributed by atoms with Gasteiger partial charge < -0.3 is 24.5 Å². The van der Waals surface area contributed by atoms with Gasteiger partial charge in [-0.05, 0) is 37.0 Å². The van der Waals surface area contributed by atoms with E-state index in [1.165, 1.54) is 9.80 Å². The summed E-state index contributed by atoms with van der Waals surface area (Å²) in [6.07, 6.45) is 3.31. The Balaban J connectivity index is 1.66. The first-order valence-corrected chi connectivity index (χ1v) is 15.7. The third kappa shape index (κ3) is 5.24. The van der Waals surface area contributed by atoms with Crippen molar-refractivity contribution in [1.82, 2.24) is 9.80 Å². The zero-order valence-electron chi connectivity index (χ0n) is 24.4. The Morgan fingerprint density at radius 3 is 2.49 bits per heavy atom. The Kier molecular flexibility index (Phi) is 9.18. The first-order chi connectivity index (χ1) is 20.6. The first-order valence-electron chi connectivity index (χ1n) is 14.4. The molecule has 3 saturated heterocycles. The lowest BCUT2D eigenvalue weighted by Crippen LogP contribution is -2.59. The van der Waals surface area contributed by atoms with Gasteiger partial charge in [0.1, 0.15) is 11.6 Å². The Morgan fingerprint density at radius 1 is 1.16 bits per heavy atom. The number of para-hydroxylation sites is 1. The molecule has 3 aliphatic rings. The maximum absolute atomic E-state index is 15.0. The van der Waals surface area contributed by atoms with Crippen molar-refractivity contribution in [1.29, 1.82) is 0 Å². The molecule has 2 aromatic rings. The van der Waals surface area contributed by atoms with Crippen molar-refractivity contribution in [2.75, 3.05) is 31.6 Å². The van der Waals surface area contributed by atoms with E-state index < -0.39 is 41.5 Å². The summed E-state index contributed by atoms with van der Waals surface area (Å²) in [5.41, 5.74) is 0.916. The number of alkyl halides is 1. The molecule has 8 nitrogen and oxygen atoms in total. The van der Waals surface area contributed by atoms with E-state index in [2.05, 4.69) is 29.1 Å². The van der Waals surface area contributed by atoms with E-state index in [0.717, 1.165) is 11.1 Å². The van der Waals surface area contributed by atoms with E-state index in [1.54, 1.807) is 30.2 Å². The van der Waals surface area contributed by atoms with Crippen LogP contribution in [0, 0.1) is 18.8 Å². The standard InChI is InChI=1S/C33H37BrClN3O5/c1-5-15-36(4)30(40)25-26-31(41)38(22(19-39)17-21-12-8-7-9-13-21)29(33(26)18-23(34)28(25)43-33)32(42)37(16-6-2)27-20(3)11-10-14-24(27)35/h5-14,22-23,25-26,28-29,39H,1-2,15-19H2,3-4H3/t22-,23?,25-,26+,28-,29?,33?/m1/s1. The molecule has 0 saturated carbocycles. The van der Waals surface area contributed by atoms with Gasteiger partial charge >= 0.3 is 0 Å². The number of aliphatic hydroxyl groups excluding tert-OH is 1. The molecule has 0 radical (unpaired) electrons. The van der Waals surface area contributed by atoms with Crippen LogP contribution in [0.1, 0.15) is 17.5 Å². The Morgan fingerprint density at radius 2 is 1.86 bits per heavy atom. The highest BCUT2D eigenvalue weighted by Gasteiger charge is 2.77. The molecule has 0 aromatic heterocycles. The van der Waals surface area contributed by atoms with Crippen molar-refractivity contribution < 1.29 is 24.2 Å². The number of halogens is 2. The molecule has 2 bridgehead atoms. The van der Waals surface area contributed by atoms with E-state index in [-0.39, 0.29) is 29.8 Å². The molecule has 3 amide bonds. The van der Waals surface area contributed by atoms with Crippen molar-refractivity contribution in [3.63, 3.8) is 0 Å². The normalized spacial score (nSPS) is 28.0. The van der Waals surface area contributed by atoms with Crippen LogP contribution < -0.4 is 4.90 Å². The number of carbonyl (C=O) groups excluding carboxylic acids is 3. The maximum Gasteiger partial charge on any atom is 0.253 e. The van der Waals surface area contributed by atoms with Crippen molar-refractivity contribution in [3.05, 3.63) is 90.0 Å². The van der Waals surface area contributed by atoms with E-state index in [9.17, 15) is 19.5 Å². The first kappa shape index (κ1) is 31.4.